The molecule has 0 saturated carbocycles. The summed E-state index contributed by atoms with van der Waals surface area (Å²) in [5.74, 6) is 0. The van der Waals surface area contributed by atoms with Crippen molar-refractivity contribution in [2.24, 2.45) is 0 Å². The fourth-order valence-corrected chi connectivity index (χ4v) is 31.2. The van der Waals surface area contributed by atoms with Crippen LogP contribution in [-0.4, -0.2) is 76.2 Å². The molecule has 0 nitrogen and oxygen atoms in total. The van der Waals surface area contributed by atoms with Crippen molar-refractivity contribution >= 4 is 115 Å². The topological polar surface area (TPSA) is 0 Å². The Morgan fingerprint density at radius 3 is 0.556 bits per heavy atom. The molecule has 0 N–H and O–H groups in total. The van der Waals surface area contributed by atoms with Crippen molar-refractivity contribution in [2.45, 2.75) is 167 Å². The van der Waals surface area contributed by atoms with Crippen LogP contribution in [0.4, 0.5) is 0 Å². The number of hydrogen-bond donors (Lipinski definition) is 0. The first-order chi connectivity index (χ1) is 15.2. The van der Waals surface area contributed by atoms with E-state index in [9.17, 15) is 0 Å². The zero-order valence-electron chi connectivity index (χ0n) is 28.2. The van der Waals surface area contributed by atoms with Gasteiger partial charge in [-0.25, -0.2) is 0 Å². The molecule has 0 fully saturated rings. The van der Waals surface area contributed by atoms with Gasteiger partial charge in [-0.1, -0.05) is 0 Å². The molecule has 4 radical (unpaired) electrons. The monoisotopic (exact) mass is 1200 g/mol. The van der Waals surface area contributed by atoms with Gasteiger partial charge in [0.2, 0.25) is 0 Å². The summed E-state index contributed by atoms with van der Waals surface area (Å²) in [6, 6.07) is 0. The Hall–Kier alpha value is 5.80. The molecule has 0 rings (SSSR count). The predicted octanol–water partition coefficient (Wildman–Crippen LogP) is 11.2. The Morgan fingerprint density at radius 2 is 0.556 bits per heavy atom. The maximum atomic E-state index is 6.73. The molecule has 0 atom stereocenters. The molecule has 0 aromatic carbocycles. The van der Waals surface area contributed by atoms with Crippen molar-refractivity contribution in [1.29, 1.82) is 0 Å². The zero-order valence-corrected chi connectivity index (χ0v) is 50.6. The second-order valence-electron chi connectivity index (χ2n) is 12.3. The molecule has 0 aromatic rings. The molecular formula is C27H69ClGe5I2Sm. The molecule has 0 spiro atoms. The molecule has 0 bridgehead atoms. The van der Waals surface area contributed by atoms with Crippen molar-refractivity contribution in [2.75, 3.05) is 0 Å². The van der Waals surface area contributed by atoms with Gasteiger partial charge in [-0.05, 0) is 0 Å². The van der Waals surface area contributed by atoms with E-state index in [2.05, 4.69) is 153 Å². The van der Waals surface area contributed by atoms with Gasteiger partial charge in [-0.15, -0.1) is 0 Å². The third-order valence-electron chi connectivity index (χ3n) is 6.65. The molecule has 0 amide bonds. The Kier molecular flexibility index (Phi) is 46.5. The minimum absolute atomic E-state index is 0. The first-order valence-electron chi connectivity index (χ1n) is 13.5. The summed E-state index contributed by atoms with van der Waals surface area (Å²) >= 11 is 1.60. The first-order valence-corrected chi connectivity index (χ1v) is 42.2. The summed E-state index contributed by atoms with van der Waals surface area (Å²) < 4.78 is 8.20. The van der Waals surface area contributed by atoms with Crippen molar-refractivity contribution in [3.63, 3.8) is 0 Å². The molecule has 0 aliphatic heterocycles. The molecule has 0 aliphatic carbocycles. The fraction of sp³-hybridized carbons (Fsp3) is 1.00. The Bertz CT molecular complexity index is 366. The minimum atomic E-state index is -2.03. The van der Waals surface area contributed by atoms with E-state index in [0.717, 1.165) is 42.8 Å². The molecule has 224 valence electrons. The second kappa shape index (κ2) is 30.8. The van der Waals surface area contributed by atoms with Crippen LogP contribution in [0.3, 0.4) is 0 Å². The average molecular weight is 1200 g/mol. The Labute approximate surface area is 301 Å². The first kappa shape index (κ1) is 54.3. The van der Waals surface area contributed by atoms with Crippen LogP contribution in [0.5, 0.6) is 0 Å². The van der Waals surface area contributed by atoms with Crippen molar-refractivity contribution in [1.82, 2.24) is 0 Å². The van der Waals surface area contributed by atoms with Crippen LogP contribution in [-0.2, 0) is 0 Å². The van der Waals surface area contributed by atoms with E-state index < -0.39 is 41.0 Å². The summed E-state index contributed by atoms with van der Waals surface area (Å²) in [6.07, 6.45) is 0. The van der Waals surface area contributed by atoms with E-state index in [0.29, 0.717) is 0 Å². The van der Waals surface area contributed by atoms with Gasteiger partial charge < -0.3 is 0 Å². The number of halogens is 3. The van der Waals surface area contributed by atoms with Crippen molar-refractivity contribution < 1.29 is 25.5 Å². The zero-order chi connectivity index (χ0) is 28.6. The normalized spacial score (nSPS) is 11.7. The summed E-state index contributed by atoms with van der Waals surface area (Å²) in [5.41, 5.74) is 0. The van der Waals surface area contributed by atoms with Crippen LogP contribution < -0.4 is 0 Å². The molecule has 0 heterocycles. The predicted molar refractivity (Wildman–Crippen MR) is 207 cm³/mol. The molecule has 0 aromatic heterocycles. The summed E-state index contributed by atoms with van der Waals surface area (Å²) in [7, 11) is 6.73. The summed E-state index contributed by atoms with van der Waals surface area (Å²) in [5, 5.41) is 0. The van der Waals surface area contributed by atoms with Crippen LogP contribution >= 0.6 is 38.6 Å². The number of rotatable bonds is 9. The Balaban J connectivity index is -0.0000000865. The van der Waals surface area contributed by atoms with Gasteiger partial charge in [0.05, 0.1) is 0 Å². The molecule has 9 heteroatoms. The molecule has 0 saturated heterocycles. The van der Waals surface area contributed by atoms with Gasteiger partial charge in [0.25, 0.3) is 0 Å². The van der Waals surface area contributed by atoms with E-state index in [-0.39, 0.29) is 60.7 Å². The summed E-state index contributed by atoms with van der Waals surface area (Å²) in [6.45, 7) is 42.5. The molecule has 0 aliphatic rings. The Morgan fingerprint density at radius 1 is 0.444 bits per heavy atom. The van der Waals surface area contributed by atoms with Crippen LogP contribution in [0, 0.1) is 25.5 Å². The molecule has 0 unspecified atom stereocenters. The molecule has 36 heavy (non-hydrogen) atoms. The van der Waals surface area contributed by atoms with E-state index in [1.165, 1.54) is 0 Å². The third kappa shape index (κ3) is 26.2. The third-order valence-corrected chi connectivity index (χ3v) is 41.4. The van der Waals surface area contributed by atoms with Gasteiger partial charge in [-0.3, -0.25) is 0 Å². The molecular weight excluding hydrogens is 1130 g/mol. The summed E-state index contributed by atoms with van der Waals surface area (Å²) in [4.78, 5) is 0. The number of hydrogen-bond acceptors (Lipinski definition) is 0. The standard InChI is InChI=1S/C9H21ClGe.2C9H21Ge.2GeH3.2HI.Sm/c1-7(2)11(10,8(3)4)9(5)6;2*1-7(2)10(8(3)4)9(5)6;;;;;/h7-9H,1-6H3;2*7-9H,1-6H3;2*1H3;2*1H;/q;;;;;;;+2/p-2. The van der Waals surface area contributed by atoms with Gasteiger partial charge in [-0.2, -0.15) is 0 Å². The van der Waals surface area contributed by atoms with Crippen LogP contribution in [0.2, 0.25) is 42.8 Å². The maximum absolute atomic E-state index is 6.73. The SMILES string of the molecule is C[CH](C)[Ge]([CH](C)C)[CH](C)C.C[CH](C)[Ge]([CH](C)C)[CH](C)C.C[CH](C)[Ge]([Cl])([CH](C)C)[CH](C)C.[GeH3].[GeH3].[I][Sm][I]. The van der Waals surface area contributed by atoms with Crippen molar-refractivity contribution in [3.8, 4) is 0 Å². The van der Waals surface area contributed by atoms with Crippen molar-refractivity contribution in [3.05, 3.63) is 0 Å². The van der Waals surface area contributed by atoms with E-state index in [1.54, 1.807) is 0 Å². The average Bonchev–Trinajstić information content (AvgIpc) is 2.59. The van der Waals surface area contributed by atoms with Gasteiger partial charge in [0.1, 0.15) is 0 Å². The van der Waals surface area contributed by atoms with E-state index >= 15 is 0 Å². The van der Waals surface area contributed by atoms with Crippen LogP contribution in [0.15, 0.2) is 0 Å². The van der Waals surface area contributed by atoms with Gasteiger partial charge >= 0.3 is 308 Å². The van der Waals surface area contributed by atoms with E-state index in [1.807, 2.05) is 0 Å². The van der Waals surface area contributed by atoms with Gasteiger partial charge in [0, 0.05) is 0 Å². The van der Waals surface area contributed by atoms with E-state index in [4.69, 9.17) is 10.0 Å². The van der Waals surface area contributed by atoms with Crippen LogP contribution in [0.1, 0.15) is 125 Å². The second-order valence-corrected chi connectivity index (χ2v) is 64.6. The van der Waals surface area contributed by atoms with Crippen LogP contribution in [0.25, 0.3) is 0 Å². The fourth-order valence-electron chi connectivity index (χ4n) is 6.00. The quantitative estimate of drug-likeness (QED) is 0.159. The van der Waals surface area contributed by atoms with Gasteiger partial charge in [0.15, 0.2) is 0 Å².